The molecule has 0 saturated heterocycles. The molecule has 2 rings (SSSR count). The number of hydrogen-bond donors (Lipinski definition) is 2. The van der Waals surface area contributed by atoms with Crippen molar-refractivity contribution in [2.75, 3.05) is 5.32 Å². The van der Waals surface area contributed by atoms with E-state index in [9.17, 15) is 0 Å². The molecule has 1 unspecified atom stereocenters. The minimum atomic E-state index is 0.0718. The topological polar surface area (TPSA) is 68.8 Å². The van der Waals surface area contributed by atoms with Crippen LogP contribution in [-0.2, 0) is 7.05 Å². The number of thiocarbonyl (C=S) groups is 1. The van der Waals surface area contributed by atoms with Crippen molar-refractivity contribution in [2.45, 2.75) is 19.9 Å². The van der Waals surface area contributed by atoms with Gasteiger partial charge in [-0.05, 0) is 37.6 Å². The van der Waals surface area contributed by atoms with E-state index >= 15 is 0 Å². The predicted octanol–water partition coefficient (Wildman–Crippen LogP) is 1.93. The molecule has 2 aromatic rings. The van der Waals surface area contributed by atoms with Gasteiger partial charge in [0, 0.05) is 18.3 Å². The van der Waals surface area contributed by atoms with Gasteiger partial charge in [-0.3, -0.25) is 0 Å². The van der Waals surface area contributed by atoms with Gasteiger partial charge in [-0.2, -0.15) is 0 Å². The van der Waals surface area contributed by atoms with Gasteiger partial charge in [-0.1, -0.05) is 12.2 Å². The fourth-order valence-electron chi connectivity index (χ4n) is 2.03. The summed E-state index contributed by atoms with van der Waals surface area (Å²) in [6.07, 6.45) is 1.69. The molecule has 1 heterocycles. The van der Waals surface area contributed by atoms with Crippen LogP contribution in [0.1, 0.15) is 29.9 Å². The van der Waals surface area contributed by atoms with E-state index in [0.29, 0.717) is 4.99 Å². The number of aromatic nitrogens is 3. The molecule has 0 aliphatic rings. The molecule has 19 heavy (non-hydrogen) atoms. The third-order valence-electron chi connectivity index (χ3n) is 3.01. The Hall–Kier alpha value is -1.95. The number of nitrogens with two attached hydrogens (primary N) is 1. The Bertz CT molecular complexity index is 605. The molecule has 0 amide bonds. The van der Waals surface area contributed by atoms with Crippen molar-refractivity contribution in [2.24, 2.45) is 12.8 Å². The second kappa shape index (κ2) is 5.36. The van der Waals surface area contributed by atoms with Crippen LogP contribution < -0.4 is 11.1 Å². The number of rotatable bonds is 4. The summed E-state index contributed by atoms with van der Waals surface area (Å²) < 4.78 is 1.90. The quantitative estimate of drug-likeness (QED) is 0.834. The highest BCUT2D eigenvalue weighted by atomic mass is 32.1. The summed E-state index contributed by atoms with van der Waals surface area (Å²) in [5, 5.41) is 11.4. The van der Waals surface area contributed by atoms with Gasteiger partial charge in [0.1, 0.15) is 11.3 Å². The van der Waals surface area contributed by atoms with E-state index in [1.165, 1.54) is 0 Å². The number of nitrogens with zero attached hydrogens (tertiary/aromatic N) is 3. The van der Waals surface area contributed by atoms with Crippen molar-refractivity contribution in [1.29, 1.82) is 0 Å². The Kier molecular flexibility index (Phi) is 3.80. The summed E-state index contributed by atoms with van der Waals surface area (Å²) >= 11 is 5.00. The van der Waals surface area contributed by atoms with Crippen molar-refractivity contribution in [3.05, 3.63) is 41.5 Å². The summed E-state index contributed by atoms with van der Waals surface area (Å²) in [7, 11) is 1.93. The van der Waals surface area contributed by atoms with E-state index in [2.05, 4.69) is 15.5 Å². The molecule has 0 fully saturated rings. The van der Waals surface area contributed by atoms with Crippen molar-refractivity contribution in [1.82, 2.24) is 14.8 Å². The van der Waals surface area contributed by atoms with Gasteiger partial charge in [-0.25, -0.2) is 0 Å². The molecule has 3 N–H and O–H groups in total. The van der Waals surface area contributed by atoms with Gasteiger partial charge < -0.3 is 15.6 Å². The highest BCUT2D eigenvalue weighted by Gasteiger charge is 2.11. The molecule has 0 radical (unpaired) electrons. The molecule has 1 aromatic heterocycles. The van der Waals surface area contributed by atoms with Gasteiger partial charge in [-0.15, -0.1) is 10.2 Å². The summed E-state index contributed by atoms with van der Waals surface area (Å²) in [6.45, 7) is 4.04. The third-order valence-corrected chi connectivity index (χ3v) is 3.23. The minimum absolute atomic E-state index is 0.0718. The minimum Gasteiger partial charge on any atom is -0.389 e. The van der Waals surface area contributed by atoms with Crippen LogP contribution in [0, 0.1) is 6.92 Å². The van der Waals surface area contributed by atoms with E-state index in [4.69, 9.17) is 18.0 Å². The maximum Gasteiger partial charge on any atom is 0.154 e. The smallest absolute Gasteiger partial charge is 0.154 e. The van der Waals surface area contributed by atoms with Crippen LogP contribution in [0.2, 0.25) is 0 Å². The Morgan fingerprint density at radius 1 is 1.47 bits per heavy atom. The van der Waals surface area contributed by atoms with Crippen molar-refractivity contribution in [3.63, 3.8) is 0 Å². The molecule has 0 spiro atoms. The largest absolute Gasteiger partial charge is 0.389 e. The Morgan fingerprint density at radius 3 is 2.74 bits per heavy atom. The number of benzene rings is 1. The fourth-order valence-corrected chi connectivity index (χ4v) is 2.26. The molecule has 0 aliphatic heterocycles. The summed E-state index contributed by atoms with van der Waals surface area (Å²) in [4.78, 5) is 0.422. The van der Waals surface area contributed by atoms with E-state index in [0.717, 1.165) is 22.6 Å². The molecule has 5 nitrogen and oxygen atoms in total. The Morgan fingerprint density at radius 2 is 2.21 bits per heavy atom. The first kappa shape index (κ1) is 13.5. The average molecular weight is 275 g/mol. The van der Waals surface area contributed by atoms with Crippen LogP contribution in [0.4, 0.5) is 5.69 Å². The van der Waals surface area contributed by atoms with E-state index in [1.807, 2.05) is 43.7 Å². The zero-order chi connectivity index (χ0) is 14.0. The van der Waals surface area contributed by atoms with Crippen molar-refractivity contribution >= 4 is 22.9 Å². The van der Waals surface area contributed by atoms with E-state index in [-0.39, 0.29) is 6.04 Å². The molecule has 0 aliphatic carbocycles. The normalized spacial score (nSPS) is 12.2. The average Bonchev–Trinajstić information content (AvgIpc) is 2.75. The lowest BCUT2D eigenvalue weighted by Gasteiger charge is -2.15. The molecule has 100 valence electrons. The van der Waals surface area contributed by atoms with Crippen molar-refractivity contribution < 1.29 is 0 Å². The van der Waals surface area contributed by atoms with Gasteiger partial charge in [0.25, 0.3) is 0 Å². The Balaban J connectivity index is 2.18. The first-order valence-corrected chi connectivity index (χ1v) is 6.40. The van der Waals surface area contributed by atoms with Crippen LogP contribution in [0.15, 0.2) is 24.5 Å². The van der Waals surface area contributed by atoms with Crippen LogP contribution in [0.5, 0.6) is 0 Å². The van der Waals surface area contributed by atoms with Gasteiger partial charge in [0.05, 0.1) is 6.04 Å². The number of anilines is 1. The second-order valence-corrected chi connectivity index (χ2v) is 5.00. The molecular weight excluding hydrogens is 258 g/mol. The van der Waals surface area contributed by atoms with Crippen LogP contribution in [0.25, 0.3) is 0 Å². The first-order chi connectivity index (χ1) is 8.99. The summed E-state index contributed by atoms with van der Waals surface area (Å²) in [5.74, 6) is 0.885. The SMILES string of the molecule is Cc1cc(NC(C)c2nncn2C)ccc1C(N)=S. The number of hydrogen-bond acceptors (Lipinski definition) is 4. The lowest BCUT2D eigenvalue weighted by molar-refractivity contribution is 0.719. The molecular formula is C13H17N5S. The Labute approximate surface area is 117 Å². The van der Waals surface area contributed by atoms with Crippen LogP contribution in [-0.4, -0.2) is 19.8 Å². The second-order valence-electron chi connectivity index (χ2n) is 4.56. The van der Waals surface area contributed by atoms with E-state index < -0.39 is 0 Å². The number of aryl methyl sites for hydroxylation is 2. The van der Waals surface area contributed by atoms with Crippen molar-refractivity contribution in [3.8, 4) is 0 Å². The van der Waals surface area contributed by atoms with E-state index in [1.54, 1.807) is 6.33 Å². The summed E-state index contributed by atoms with van der Waals surface area (Å²) in [6, 6.07) is 6.00. The maximum absolute atomic E-state index is 5.65. The summed E-state index contributed by atoms with van der Waals surface area (Å²) in [5.41, 5.74) is 8.63. The fraction of sp³-hybridized carbons (Fsp3) is 0.308. The van der Waals surface area contributed by atoms with Gasteiger partial charge >= 0.3 is 0 Å². The lowest BCUT2D eigenvalue weighted by Crippen LogP contribution is -2.14. The van der Waals surface area contributed by atoms with Gasteiger partial charge in [0.2, 0.25) is 0 Å². The molecule has 1 aromatic carbocycles. The number of nitrogens with one attached hydrogen (secondary N) is 1. The first-order valence-electron chi connectivity index (χ1n) is 6.00. The van der Waals surface area contributed by atoms with Crippen LogP contribution >= 0.6 is 12.2 Å². The van der Waals surface area contributed by atoms with Gasteiger partial charge in [0.15, 0.2) is 5.82 Å². The molecule has 6 heteroatoms. The molecule has 1 atom stereocenters. The highest BCUT2D eigenvalue weighted by Crippen LogP contribution is 2.20. The lowest BCUT2D eigenvalue weighted by atomic mass is 10.1. The monoisotopic (exact) mass is 275 g/mol. The third kappa shape index (κ3) is 2.90. The molecule has 0 bridgehead atoms. The standard InChI is InChI=1S/C13H17N5S/c1-8-6-10(4-5-11(8)12(14)19)16-9(2)13-17-15-7-18(13)3/h4-7,9,16H,1-3H3,(H2,14,19). The highest BCUT2D eigenvalue weighted by molar-refractivity contribution is 7.80. The molecule has 0 saturated carbocycles. The maximum atomic E-state index is 5.65. The van der Waals surface area contributed by atoms with Crippen LogP contribution in [0.3, 0.4) is 0 Å². The zero-order valence-electron chi connectivity index (χ0n) is 11.2. The zero-order valence-corrected chi connectivity index (χ0v) is 12.0. The predicted molar refractivity (Wildman–Crippen MR) is 80.1 cm³/mol.